The Morgan fingerprint density at radius 1 is 0.824 bits per heavy atom. The zero-order valence-corrected chi connectivity index (χ0v) is 20.0. The number of sulfonamides is 1. The first-order chi connectivity index (χ1) is 16.3. The Balaban J connectivity index is 1.50. The molecule has 4 aromatic rings. The van der Waals surface area contributed by atoms with Crippen molar-refractivity contribution in [3.63, 3.8) is 0 Å². The average molecular weight is 475 g/mol. The fraction of sp³-hybridized carbons (Fsp3) is 0.160. The van der Waals surface area contributed by atoms with E-state index in [4.69, 9.17) is 0 Å². The first kappa shape index (κ1) is 23.3. The van der Waals surface area contributed by atoms with Crippen molar-refractivity contribution in [3.05, 3.63) is 95.4 Å². The van der Waals surface area contributed by atoms with Gasteiger partial charge in [-0.3, -0.25) is 4.98 Å². The fourth-order valence-electron chi connectivity index (χ4n) is 3.41. The zero-order valence-electron chi connectivity index (χ0n) is 19.2. The van der Waals surface area contributed by atoms with E-state index in [1.54, 1.807) is 43.7 Å². The molecule has 0 aliphatic carbocycles. The van der Waals surface area contributed by atoms with E-state index in [-0.39, 0.29) is 4.90 Å². The maximum atomic E-state index is 12.3. The minimum Gasteiger partial charge on any atom is -0.340 e. The Morgan fingerprint density at radius 3 is 2.21 bits per heavy atom. The zero-order chi connectivity index (χ0) is 24.1. The van der Waals surface area contributed by atoms with Crippen LogP contribution in [0.2, 0.25) is 0 Å². The molecule has 0 aliphatic rings. The molecule has 34 heavy (non-hydrogen) atoms. The van der Waals surface area contributed by atoms with Gasteiger partial charge < -0.3 is 10.6 Å². The number of hydrogen-bond donors (Lipinski definition) is 3. The number of rotatable bonds is 8. The van der Waals surface area contributed by atoms with Crippen LogP contribution in [-0.2, 0) is 16.4 Å². The van der Waals surface area contributed by atoms with E-state index in [1.165, 1.54) is 18.2 Å². The van der Waals surface area contributed by atoms with Gasteiger partial charge in [0.2, 0.25) is 16.0 Å². The van der Waals surface area contributed by atoms with Gasteiger partial charge in [0.05, 0.1) is 4.90 Å². The number of benzene rings is 2. The van der Waals surface area contributed by atoms with Gasteiger partial charge in [-0.25, -0.2) is 18.1 Å². The quantitative estimate of drug-likeness (QED) is 0.346. The number of aryl methyl sites for hydroxylation is 2. The van der Waals surface area contributed by atoms with Crippen LogP contribution in [0.4, 0.5) is 23.1 Å². The number of nitrogens with zero attached hydrogens (tertiary/aromatic N) is 3. The lowest BCUT2D eigenvalue weighted by molar-refractivity contribution is 0.587. The second-order valence-electron chi connectivity index (χ2n) is 7.89. The van der Waals surface area contributed by atoms with Gasteiger partial charge >= 0.3 is 0 Å². The SMILES string of the molecule is CNS(=O)(=O)c1cc(Nc2ncc(C)c(Nc3ccc(Cc4ccncc4)cc3)n2)ccc1C. The van der Waals surface area contributed by atoms with Crippen molar-refractivity contribution in [2.45, 2.75) is 25.2 Å². The predicted molar refractivity (Wildman–Crippen MR) is 134 cm³/mol. The van der Waals surface area contributed by atoms with Crippen molar-refractivity contribution in [1.82, 2.24) is 19.7 Å². The molecule has 0 fully saturated rings. The fourth-order valence-corrected chi connectivity index (χ4v) is 4.41. The van der Waals surface area contributed by atoms with Crippen LogP contribution in [-0.4, -0.2) is 30.4 Å². The van der Waals surface area contributed by atoms with Crippen LogP contribution >= 0.6 is 0 Å². The first-order valence-corrected chi connectivity index (χ1v) is 12.2. The molecule has 0 unspecified atom stereocenters. The minimum atomic E-state index is -3.57. The third-order valence-corrected chi connectivity index (χ3v) is 6.90. The van der Waals surface area contributed by atoms with Crippen LogP contribution in [0.1, 0.15) is 22.3 Å². The highest BCUT2D eigenvalue weighted by molar-refractivity contribution is 7.89. The van der Waals surface area contributed by atoms with Gasteiger partial charge in [0.15, 0.2) is 0 Å². The van der Waals surface area contributed by atoms with Crippen molar-refractivity contribution in [1.29, 1.82) is 0 Å². The number of anilines is 4. The van der Waals surface area contributed by atoms with Crippen molar-refractivity contribution >= 4 is 33.2 Å². The topological polar surface area (TPSA) is 109 Å². The minimum absolute atomic E-state index is 0.206. The summed E-state index contributed by atoms with van der Waals surface area (Å²) in [6, 6.07) is 17.3. The van der Waals surface area contributed by atoms with Gasteiger partial charge in [-0.15, -0.1) is 0 Å². The van der Waals surface area contributed by atoms with Gasteiger partial charge in [0, 0.05) is 35.5 Å². The summed E-state index contributed by atoms with van der Waals surface area (Å²) in [6.45, 7) is 3.67. The average Bonchev–Trinajstić information content (AvgIpc) is 2.84. The van der Waals surface area contributed by atoms with Crippen molar-refractivity contribution in [2.24, 2.45) is 0 Å². The number of aromatic nitrogens is 3. The molecule has 0 saturated carbocycles. The molecule has 9 heteroatoms. The summed E-state index contributed by atoms with van der Waals surface area (Å²) < 4.78 is 26.9. The molecule has 2 heterocycles. The lowest BCUT2D eigenvalue weighted by Crippen LogP contribution is -2.19. The Morgan fingerprint density at radius 2 is 1.50 bits per heavy atom. The molecular weight excluding hydrogens is 448 g/mol. The van der Waals surface area contributed by atoms with E-state index in [9.17, 15) is 8.42 Å². The lowest BCUT2D eigenvalue weighted by Gasteiger charge is -2.13. The van der Waals surface area contributed by atoms with E-state index in [1.807, 2.05) is 31.2 Å². The number of pyridine rings is 1. The number of hydrogen-bond acceptors (Lipinski definition) is 7. The third kappa shape index (κ3) is 5.56. The van der Waals surface area contributed by atoms with Crippen molar-refractivity contribution in [3.8, 4) is 0 Å². The predicted octanol–water partition coefficient (Wildman–Crippen LogP) is 4.47. The van der Waals surface area contributed by atoms with Gasteiger partial charge in [0.1, 0.15) is 5.82 Å². The summed E-state index contributed by atoms with van der Waals surface area (Å²) in [5.74, 6) is 1.02. The Kier molecular flexibility index (Phi) is 6.85. The number of nitrogens with one attached hydrogen (secondary N) is 3. The molecule has 0 spiro atoms. The summed E-state index contributed by atoms with van der Waals surface area (Å²) in [7, 11) is -2.18. The summed E-state index contributed by atoms with van der Waals surface area (Å²) in [6.07, 6.45) is 6.15. The van der Waals surface area contributed by atoms with Crippen molar-refractivity contribution < 1.29 is 8.42 Å². The van der Waals surface area contributed by atoms with Crippen LogP contribution < -0.4 is 15.4 Å². The van der Waals surface area contributed by atoms with Crippen molar-refractivity contribution in [2.75, 3.05) is 17.7 Å². The monoisotopic (exact) mass is 474 g/mol. The maximum Gasteiger partial charge on any atom is 0.240 e. The highest BCUT2D eigenvalue weighted by Gasteiger charge is 2.15. The van der Waals surface area contributed by atoms with Crippen LogP contribution in [0, 0.1) is 13.8 Å². The molecule has 0 aliphatic heterocycles. The van der Waals surface area contributed by atoms with Gasteiger partial charge in [-0.2, -0.15) is 4.98 Å². The van der Waals surface area contributed by atoms with Crippen LogP contribution in [0.25, 0.3) is 0 Å². The third-order valence-electron chi connectivity index (χ3n) is 5.35. The van der Waals surface area contributed by atoms with E-state index >= 15 is 0 Å². The Bertz CT molecular complexity index is 1390. The maximum absolute atomic E-state index is 12.3. The summed E-state index contributed by atoms with van der Waals surface area (Å²) in [4.78, 5) is 13.2. The summed E-state index contributed by atoms with van der Waals surface area (Å²) in [5, 5.41) is 6.43. The second-order valence-corrected chi connectivity index (χ2v) is 9.75. The molecule has 0 saturated heterocycles. The molecule has 2 aromatic heterocycles. The van der Waals surface area contributed by atoms with Gasteiger partial charge in [-0.05, 0) is 80.4 Å². The normalized spacial score (nSPS) is 11.3. The highest BCUT2D eigenvalue weighted by atomic mass is 32.2. The van der Waals surface area contributed by atoms with Crippen LogP contribution in [0.15, 0.2) is 78.1 Å². The largest absolute Gasteiger partial charge is 0.340 e. The van der Waals surface area contributed by atoms with E-state index in [0.717, 1.165) is 17.7 Å². The van der Waals surface area contributed by atoms with Crippen LogP contribution in [0.3, 0.4) is 0 Å². The highest BCUT2D eigenvalue weighted by Crippen LogP contribution is 2.24. The molecule has 4 rings (SSSR count). The van der Waals surface area contributed by atoms with E-state index in [0.29, 0.717) is 23.0 Å². The summed E-state index contributed by atoms with van der Waals surface area (Å²) in [5.41, 5.74) is 5.43. The first-order valence-electron chi connectivity index (χ1n) is 10.7. The smallest absolute Gasteiger partial charge is 0.240 e. The molecule has 8 nitrogen and oxygen atoms in total. The molecule has 0 atom stereocenters. The lowest BCUT2D eigenvalue weighted by atomic mass is 10.1. The molecular formula is C25H26N6O2S. The molecule has 0 radical (unpaired) electrons. The molecule has 0 bridgehead atoms. The van der Waals surface area contributed by atoms with E-state index < -0.39 is 10.0 Å². The molecule has 2 aromatic carbocycles. The second kappa shape index (κ2) is 9.98. The van der Waals surface area contributed by atoms with Gasteiger partial charge in [-0.1, -0.05) is 18.2 Å². The van der Waals surface area contributed by atoms with Crippen LogP contribution in [0.5, 0.6) is 0 Å². The van der Waals surface area contributed by atoms with E-state index in [2.05, 4.69) is 42.4 Å². The van der Waals surface area contributed by atoms with Gasteiger partial charge in [0.25, 0.3) is 0 Å². The molecule has 174 valence electrons. The Labute approximate surface area is 199 Å². The molecule has 3 N–H and O–H groups in total. The Hall–Kier alpha value is -3.82. The summed E-state index contributed by atoms with van der Waals surface area (Å²) >= 11 is 0. The molecule has 0 amide bonds. The standard InChI is InChI=1S/C25H26N6O2S/c1-17-4-7-22(15-23(17)34(32,33)26-3)30-25-28-16-18(2)24(31-25)29-21-8-5-19(6-9-21)14-20-10-12-27-13-11-20/h4-13,15-16,26H,14H2,1-3H3,(H2,28,29,30,31).